The van der Waals surface area contributed by atoms with E-state index in [1.54, 1.807) is 7.11 Å². The Labute approximate surface area is 96.7 Å². The molecule has 15 heavy (non-hydrogen) atoms. The van der Waals surface area contributed by atoms with E-state index in [2.05, 4.69) is 15.9 Å². The van der Waals surface area contributed by atoms with Crippen LogP contribution in [0.3, 0.4) is 0 Å². The topological polar surface area (TPSA) is 44.5 Å². The Morgan fingerprint density at radius 2 is 2.33 bits per heavy atom. The quantitative estimate of drug-likeness (QED) is 0.837. The lowest BCUT2D eigenvalue weighted by molar-refractivity contribution is 0.163. The first-order valence-corrected chi connectivity index (χ1v) is 5.77. The second kappa shape index (κ2) is 3.12. The van der Waals surface area contributed by atoms with Crippen molar-refractivity contribution < 1.29 is 9.47 Å². The highest BCUT2D eigenvalue weighted by atomic mass is 79.9. The molecule has 4 heteroatoms. The minimum absolute atomic E-state index is 0.279. The summed E-state index contributed by atoms with van der Waals surface area (Å²) in [6.07, 6.45) is 0.279. The van der Waals surface area contributed by atoms with Crippen molar-refractivity contribution in [1.82, 2.24) is 0 Å². The van der Waals surface area contributed by atoms with Crippen LogP contribution in [0, 0.1) is 5.92 Å². The summed E-state index contributed by atoms with van der Waals surface area (Å²) in [5.41, 5.74) is 7.82. The molecule has 0 spiro atoms. The van der Waals surface area contributed by atoms with Crippen molar-refractivity contribution in [1.29, 1.82) is 0 Å². The third-order valence-electron chi connectivity index (χ3n) is 3.22. The van der Waals surface area contributed by atoms with Gasteiger partial charge in [-0.15, -0.1) is 0 Å². The molecule has 0 amide bonds. The van der Waals surface area contributed by atoms with Gasteiger partial charge >= 0.3 is 0 Å². The highest BCUT2D eigenvalue weighted by Crippen LogP contribution is 2.61. The number of hydrogen-bond donors (Lipinski definition) is 1. The minimum Gasteiger partial charge on any atom is -0.487 e. The molecule has 0 bridgehead atoms. The zero-order valence-corrected chi connectivity index (χ0v) is 9.95. The number of nitrogens with two attached hydrogens (primary N) is 1. The lowest BCUT2D eigenvalue weighted by Crippen LogP contribution is -2.06. The van der Waals surface area contributed by atoms with Crippen LogP contribution in [-0.2, 0) is 4.74 Å². The van der Waals surface area contributed by atoms with Crippen LogP contribution in [0.2, 0.25) is 0 Å². The predicted octanol–water partition coefficient (Wildman–Crippen LogP) is 2.15. The molecule has 2 aliphatic rings. The van der Waals surface area contributed by atoms with Crippen molar-refractivity contribution in [2.24, 2.45) is 5.92 Å². The molecule has 1 aliphatic carbocycles. The van der Waals surface area contributed by atoms with Crippen LogP contribution in [0.25, 0.3) is 0 Å². The molecule has 1 heterocycles. The largest absolute Gasteiger partial charge is 0.487 e. The van der Waals surface area contributed by atoms with E-state index in [9.17, 15) is 0 Å². The summed E-state index contributed by atoms with van der Waals surface area (Å²) >= 11 is 3.55. The van der Waals surface area contributed by atoms with Gasteiger partial charge in [-0.2, -0.15) is 0 Å². The Morgan fingerprint density at radius 3 is 3.07 bits per heavy atom. The number of rotatable bonds is 2. The molecule has 3 unspecified atom stereocenters. The summed E-state index contributed by atoms with van der Waals surface area (Å²) in [5.74, 6) is 1.84. The summed E-state index contributed by atoms with van der Waals surface area (Å²) in [6.45, 7) is 0.760. The van der Waals surface area contributed by atoms with Crippen LogP contribution in [-0.4, -0.2) is 19.8 Å². The zero-order valence-electron chi connectivity index (χ0n) is 8.37. The summed E-state index contributed by atoms with van der Waals surface area (Å²) in [4.78, 5) is 0. The molecule has 1 aromatic carbocycles. The molecule has 2 N–H and O–H groups in total. The Kier molecular flexibility index (Phi) is 1.97. The van der Waals surface area contributed by atoms with Gasteiger partial charge in [0.2, 0.25) is 0 Å². The number of benzene rings is 1. The molecular weight excluding hydrogens is 258 g/mol. The monoisotopic (exact) mass is 269 g/mol. The summed E-state index contributed by atoms with van der Waals surface area (Å²) in [7, 11) is 1.73. The first-order valence-electron chi connectivity index (χ1n) is 4.97. The van der Waals surface area contributed by atoms with Gasteiger partial charge in [0.15, 0.2) is 0 Å². The first kappa shape index (κ1) is 9.48. The minimum atomic E-state index is 0.279. The van der Waals surface area contributed by atoms with E-state index in [0.717, 1.165) is 22.5 Å². The van der Waals surface area contributed by atoms with E-state index < -0.39 is 0 Å². The van der Waals surface area contributed by atoms with Gasteiger partial charge in [0, 0.05) is 29.0 Å². The number of fused-ring (bicyclic) bond motifs is 3. The maximum atomic E-state index is 5.87. The van der Waals surface area contributed by atoms with Crippen molar-refractivity contribution in [3.63, 3.8) is 0 Å². The van der Waals surface area contributed by atoms with Crippen LogP contribution in [0.5, 0.6) is 5.75 Å². The van der Waals surface area contributed by atoms with Crippen molar-refractivity contribution in [3.05, 3.63) is 22.2 Å². The molecule has 1 fully saturated rings. The molecule has 3 nitrogen and oxygen atoms in total. The van der Waals surface area contributed by atoms with Gasteiger partial charge in [-0.25, -0.2) is 0 Å². The molecule has 1 aliphatic heterocycles. The highest BCUT2D eigenvalue weighted by molar-refractivity contribution is 9.10. The Balaban J connectivity index is 1.98. The summed E-state index contributed by atoms with van der Waals surface area (Å²) in [6, 6.07) is 3.86. The Hall–Kier alpha value is -0.740. The van der Waals surface area contributed by atoms with Crippen molar-refractivity contribution in [2.75, 3.05) is 19.5 Å². The zero-order chi connectivity index (χ0) is 10.6. The molecule has 0 aromatic heterocycles. The van der Waals surface area contributed by atoms with Gasteiger partial charge in [-0.1, -0.05) is 15.9 Å². The van der Waals surface area contributed by atoms with Gasteiger partial charge in [0.05, 0.1) is 12.3 Å². The molecule has 0 saturated heterocycles. The normalized spacial score (nSPS) is 30.7. The fourth-order valence-electron chi connectivity index (χ4n) is 2.44. The number of ether oxygens (including phenoxy) is 2. The predicted molar refractivity (Wildman–Crippen MR) is 61.1 cm³/mol. The summed E-state index contributed by atoms with van der Waals surface area (Å²) in [5, 5.41) is 0. The number of methoxy groups -OCH3 is 1. The molecular formula is C11H12BrNO2. The first-order chi connectivity index (χ1) is 7.24. The molecule has 80 valence electrons. The van der Waals surface area contributed by atoms with Crippen molar-refractivity contribution in [2.45, 2.75) is 12.0 Å². The lowest BCUT2D eigenvalue weighted by atomic mass is 10.1. The highest BCUT2D eigenvalue weighted by Gasteiger charge is 2.59. The van der Waals surface area contributed by atoms with Crippen molar-refractivity contribution in [3.8, 4) is 5.75 Å². The maximum absolute atomic E-state index is 5.87. The van der Waals surface area contributed by atoms with E-state index in [4.69, 9.17) is 15.2 Å². The fraction of sp³-hybridized carbons (Fsp3) is 0.455. The number of nitrogen functional groups attached to an aromatic ring is 1. The van der Waals surface area contributed by atoms with Gasteiger partial charge in [-0.3, -0.25) is 0 Å². The third-order valence-corrected chi connectivity index (χ3v) is 3.91. The van der Waals surface area contributed by atoms with Gasteiger partial charge in [0.1, 0.15) is 11.9 Å². The van der Waals surface area contributed by atoms with E-state index in [0.29, 0.717) is 11.8 Å². The maximum Gasteiger partial charge on any atom is 0.147 e. The van der Waals surface area contributed by atoms with E-state index >= 15 is 0 Å². The third kappa shape index (κ3) is 1.21. The van der Waals surface area contributed by atoms with Crippen LogP contribution < -0.4 is 10.5 Å². The van der Waals surface area contributed by atoms with Gasteiger partial charge < -0.3 is 15.2 Å². The second-order valence-electron chi connectivity index (χ2n) is 4.11. The molecule has 3 atom stereocenters. The summed E-state index contributed by atoms with van der Waals surface area (Å²) < 4.78 is 12.1. The SMILES string of the molecule is COCC1C2Oc3c(N)ccc(Br)c3C12. The number of halogens is 1. The van der Waals surface area contributed by atoms with Crippen LogP contribution in [0.15, 0.2) is 16.6 Å². The number of hydrogen-bond acceptors (Lipinski definition) is 3. The average Bonchev–Trinajstić information content (AvgIpc) is 2.74. The van der Waals surface area contributed by atoms with Gasteiger partial charge in [-0.05, 0) is 12.1 Å². The van der Waals surface area contributed by atoms with Crippen LogP contribution >= 0.6 is 15.9 Å². The fourth-order valence-corrected chi connectivity index (χ4v) is 3.02. The van der Waals surface area contributed by atoms with E-state index in [1.165, 1.54) is 5.56 Å². The van der Waals surface area contributed by atoms with Crippen LogP contribution in [0.4, 0.5) is 5.69 Å². The van der Waals surface area contributed by atoms with E-state index in [1.807, 2.05) is 12.1 Å². The molecule has 3 rings (SSSR count). The number of anilines is 1. The van der Waals surface area contributed by atoms with E-state index in [-0.39, 0.29) is 6.10 Å². The second-order valence-corrected chi connectivity index (χ2v) is 4.96. The molecule has 1 saturated carbocycles. The lowest BCUT2D eigenvalue weighted by Gasteiger charge is -2.11. The molecule has 1 aromatic rings. The molecule has 0 radical (unpaired) electrons. The Bertz CT molecular complexity index is 421. The average molecular weight is 270 g/mol. The van der Waals surface area contributed by atoms with Crippen LogP contribution in [0.1, 0.15) is 11.5 Å². The van der Waals surface area contributed by atoms with Crippen molar-refractivity contribution >= 4 is 21.6 Å². The Morgan fingerprint density at radius 1 is 1.53 bits per heavy atom. The smallest absolute Gasteiger partial charge is 0.147 e. The van der Waals surface area contributed by atoms with Gasteiger partial charge in [0.25, 0.3) is 0 Å². The standard InChI is InChI=1S/C11H12BrNO2/c1-14-4-5-8-9-6(12)2-3-7(13)11(9)15-10(5)8/h2-3,5,8,10H,4,13H2,1H3.